The maximum absolute atomic E-state index is 13.0. The van der Waals surface area contributed by atoms with Crippen LogP contribution in [0.25, 0.3) is 0 Å². The van der Waals surface area contributed by atoms with E-state index in [0.717, 1.165) is 0 Å². The van der Waals surface area contributed by atoms with Crippen LogP contribution in [0, 0.1) is 15.9 Å². The number of benzene rings is 2. The van der Waals surface area contributed by atoms with Crippen LogP contribution >= 0.6 is 0 Å². The fraction of sp³-hybridized carbons (Fsp3) is 0.133. The van der Waals surface area contributed by atoms with Crippen LogP contribution in [0.3, 0.4) is 0 Å². The molecule has 0 fully saturated rings. The topological polar surface area (TPSA) is 64.7 Å². The average molecular weight is 288 g/mol. The molecule has 0 unspecified atom stereocenters. The van der Waals surface area contributed by atoms with Gasteiger partial charge in [-0.1, -0.05) is 29.4 Å². The lowest BCUT2D eigenvalue weighted by Crippen LogP contribution is -1.97. The molecule has 0 aliphatic heterocycles. The molecule has 0 spiro atoms. The third kappa shape index (κ3) is 4.10. The number of hydrogen-bond donors (Lipinski definition) is 0. The fourth-order valence-corrected chi connectivity index (χ4v) is 1.72. The summed E-state index contributed by atoms with van der Waals surface area (Å²) in [5.41, 5.74) is 1.21. The highest BCUT2D eigenvalue weighted by molar-refractivity contribution is 5.78. The zero-order valence-corrected chi connectivity index (χ0v) is 11.3. The lowest BCUT2D eigenvalue weighted by atomic mass is 10.1. The lowest BCUT2D eigenvalue weighted by molar-refractivity contribution is -0.385. The number of nitro groups is 1. The molecule has 5 nitrogen and oxygen atoms in total. The number of rotatable bonds is 5. The van der Waals surface area contributed by atoms with E-state index in [-0.39, 0.29) is 11.5 Å². The second-order valence-electron chi connectivity index (χ2n) is 4.39. The van der Waals surface area contributed by atoms with Crippen LogP contribution in [0.2, 0.25) is 0 Å². The number of nitrogens with zero attached hydrogens (tertiary/aromatic N) is 2. The van der Waals surface area contributed by atoms with Crippen molar-refractivity contribution < 1.29 is 14.2 Å². The van der Waals surface area contributed by atoms with Crippen LogP contribution in [0.4, 0.5) is 10.1 Å². The van der Waals surface area contributed by atoms with Crippen LogP contribution in [0.5, 0.6) is 0 Å². The van der Waals surface area contributed by atoms with Gasteiger partial charge in [0, 0.05) is 17.7 Å². The van der Waals surface area contributed by atoms with Gasteiger partial charge in [-0.3, -0.25) is 10.1 Å². The molecule has 6 heteroatoms. The summed E-state index contributed by atoms with van der Waals surface area (Å²) in [6, 6.07) is 12.1. The summed E-state index contributed by atoms with van der Waals surface area (Å²) >= 11 is 0. The third-order valence-corrected chi connectivity index (χ3v) is 2.82. The SMILES string of the molecule is C[C@@H](O/N=C\c1cccc(F)c1)c1cccc([N+](=O)[O-])c1. The van der Waals surface area contributed by atoms with E-state index in [2.05, 4.69) is 5.16 Å². The highest BCUT2D eigenvalue weighted by Crippen LogP contribution is 2.21. The summed E-state index contributed by atoms with van der Waals surface area (Å²) in [6.07, 6.45) is 0.937. The monoisotopic (exact) mass is 288 g/mol. The van der Waals surface area contributed by atoms with E-state index in [4.69, 9.17) is 4.84 Å². The second kappa shape index (κ2) is 6.60. The summed E-state index contributed by atoms with van der Waals surface area (Å²) in [6.45, 7) is 1.72. The Bertz CT molecular complexity index is 673. The molecule has 0 aliphatic rings. The van der Waals surface area contributed by atoms with Crippen LogP contribution in [0.15, 0.2) is 53.7 Å². The molecule has 0 N–H and O–H groups in total. The Morgan fingerprint density at radius 1 is 1.29 bits per heavy atom. The van der Waals surface area contributed by atoms with Crippen molar-refractivity contribution in [2.24, 2.45) is 5.16 Å². The number of nitro benzene ring substituents is 1. The van der Waals surface area contributed by atoms with Gasteiger partial charge in [0.25, 0.3) is 5.69 Å². The molecule has 0 radical (unpaired) electrons. The largest absolute Gasteiger partial charge is 0.388 e. The van der Waals surface area contributed by atoms with E-state index in [1.165, 1.54) is 30.5 Å². The number of hydrogen-bond acceptors (Lipinski definition) is 4. The molecule has 2 aromatic carbocycles. The Labute approximate surface area is 120 Å². The minimum absolute atomic E-state index is 0.00272. The Hall–Kier alpha value is -2.76. The van der Waals surface area contributed by atoms with Gasteiger partial charge in [-0.2, -0.15) is 0 Å². The van der Waals surface area contributed by atoms with Gasteiger partial charge in [0.2, 0.25) is 0 Å². The Balaban J connectivity index is 2.03. The molecule has 0 saturated heterocycles. The second-order valence-corrected chi connectivity index (χ2v) is 4.39. The zero-order chi connectivity index (χ0) is 15.2. The molecule has 0 aromatic heterocycles. The molecule has 0 aliphatic carbocycles. The van der Waals surface area contributed by atoms with Crippen LogP contribution in [0.1, 0.15) is 24.2 Å². The summed E-state index contributed by atoms with van der Waals surface area (Å²) in [4.78, 5) is 15.5. The third-order valence-electron chi connectivity index (χ3n) is 2.82. The molecule has 0 bridgehead atoms. The quantitative estimate of drug-likeness (QED) is 0.477. The first-order chi connectivity index (χ1) is 10.1. The van der Waals surface area contributed by atoms with Gasteiger partial charge in [-0.05, 0) is 24.6 Å². The predicted molar refractivity (Wildman–Crippen MR) is 76.6 cm³/mol. The molecule has 0 heterocycles. The molecule has 108 valence electrons. The van der Waals surface area contributed by atoms with Gasteiger partial charge in [0.05, 0.1) is 11.1 Å². The number of non-ortho nitro benzene ring substituents is 1. The van der Waals surface area contributed by atoms with E-state index < -0.39 is 11.0 Å². The molecule has 0 saturated carbocycles. The first-order valence-electron chi connectivity index (χ1n) is 6.25. The van der Waals surface area contributed by atoms with E-state index in [0.29, 0.717) is 11.1 Å². The smallest absolute Gasteiger partial charge is 0.269 e. The van der Waals surface area contributed by atoms with Gasteiger partial charge in [-0.25, -0.2) is 4.39 Å². The zero-order valence-electron chi connectivity index (χ0n) is 11.3. The van der Waals surface area contributed by atoms with Crippen molar-refractivity contribution in [1.29, 1.82) is 0 Å². The van der Waals surface area contributed by atoms with Crippen molar-refractivity contribution in [2.45, 2.75) is 13.0 Å². The number of halogens is 1. The first-order valence-corrected chi connectivity index (χ1v) is 6.25. The van der Waals surface area contributed by atoms with E-state index in [1.54, 1.807) is 31.2 Å². The van der Waals surface area contributed by atoms with Crippen LogP contribution < -0.4 is 0 Å². The van der Waals surface area contributed by atoms with Crippen molar-refractivity contribution in [3.05, 3.63) is 75.6 Å². The summed E-state index contributed by atoms with van der Waals surface area (Å²) in [7, 11) is 0. The summed E-state index contributed by atoms with van der Waals surface area (Å²) in [5, 5.41) is 14.5. The normalized spacial score (nSPS) is 12.3. The average Bonchev–Trinajstić information content (AvgIpc) is 2.47. The van der Waals surface area contributed by atoms with Crippen LogP contribution in [-0.2, 0) is 4.84 Å². The molecular weight excluding hydrogens is 275 g/mol. The molecule has 1 atom stereocenters. The van der Waals surface area contributed by atoms with E-state index >= 15 is 0 Å². The van der Waals surface area contributed by atoms with E-state index in [1.807, 2.05) is 0 Å². The fourth-order valence-electron chi connectivity index (χ4n) is 1.72. The Kier molecular flexibility index (Phi) is 4.61. The Morgan fingerprint density at radius 2 is 2.05 bits per heavy atom. The van der Waals surface area contributed by atoms with Crippen molar-refractivity contribution in [2.75, 3.05) is 0 Å². The summed E-state index contributed by atoms with van der Waals surface area (Å²) in [5.74, 6) is -0.356. The van der Waals surface area contributed by atoms with Gasteiger partial charge < -0.3 is 4.84 Å². The van der Waals surface area contributed by atoms with Crippen LogP contribution in [-0.4, -0.2) is 11.1 Å². The van der Waals surface area contributed by atoms with Crippen molar-refractivity contribution in [3.63, 3.8) is 0 Å². The Morgan fingerprint density at radius 3 is 2.76 bits per heavy atom. The molecule has 21 heavy (non-hydrogen) atoms. The highest BCUT2D eigenvalue weighted by Gasteiger charge is 2.11. The highest BCUT2D eigenvalue weighted by atomic mass is 19.1. The van der Waals surface area contributed by atoms with Gasteiger partial charge in [0.15, 0.2) is 0 Å². The van der Waals surface area contributed by atoms with Gasteiger partial charge >= 0.3 is 0 Å². The molecule has 0 amide bonds. The van der Waals surface area contributed by atoms with Gasteiger partial charge in [-0.15, -0.1) is 0 Å². The maximum atomic E-state index is 13.0. The number of oxime groups is 1. The standard InChI is InChI=1S/C15H13FN2O3/c1-11(13-5-3-7-15(9-13)18(19)20)21-17-10-12-4-2-6-14(16)8-12/h2-11H,1H3/b17-10-/t11-/m1/s1. The molecule has 2 aromatic rings. The molecular formula is C15H13FN2O3. The predicted octanol–water partition coefficient (Wildman–Crippen LogP) is 3.85. The maximum Gasteiger partial charge on any atom is 0.269 e. The first kappa shape index (κ1) is 14.6. The summed E-state index contributed by atoms with van der Waals surface area (Å²) < 4.78 is 13.0. The van der Waals surface area contributed by atoms with E-state index in [9.17, 15) is 14.5 Å². The van der Waals surface area contributed by atoms with Crippen molar-refractivity contribution >= 4 is 11.9 Å². The van der Waals surface area contributed by atoms with Crippen molar-refractivity contribution in [3.8, 4) is 0 Å². The van der Waals surface area contributed by atoms with Gasteiger partial charge in [0.1, 0.15) is 11.9 Å². The lowest BCUT2D eigenvalue weighted by Gasteiger charge is -2.09. The van der Waals surface area contributed by atoms with Crippen molar-refractivity contribution in [1.82, 2.24) is 0 Å². The molecule has 2 rings (SSSR count). The minimum Gasteiger partial charge on any atom is -0.388 e. The minimum atomic E-state index is -0.466.